The summed E-state index contributed by atoms with van der Waals surface area (Å²) in [6.45, 7) is 5.78. The van der Waals surface area contributed by atoms with Crippen molar-refractivity contribution in [3.05, 3.63) is 48.0 Å². The van der Waals surface area contributed by atoms with Gasteiger partial charge in [-0.1, -0.05) is 48.4 Å². The molecule has 0 N–H and O–H groups in total. The van der Waals surface area contributed by atoms with E-state index in [4.69, 9.17) is 6.42 Å². The summed E-state index contributed by atoms with van der Waals surface area (Å²) >= 11 is 0. The lowest BCUT2D eigenvalue weighted by Crippen LogP contribution is -2.31. The molecule has 0 bridgehead atoms. The van der Waals surface area contributed by atoms with Gasteiger partial charge in [0, 0.05) is 12.6 Å². The van der Waals surface area contributed by atoms with E-state index >= 15 is 0 Å². The number of allylic oxidation sites excluding steroid dienone is 1. The maximum absolute atomic E-state index is 5.40. The van der Waals surface area contributed by atoms with Crippen LogP contribution in [0.2, 0.25) is 0 Å². The first kappa shape index (κ1) is 12.5. The van der Waals surface area contributed by atoms with Crippen LogP contribution in [-0.2, 0) is 6.54 Å². The Morgan fingerprint density at radius 2 is 2.06 bits per heavy atom. The van der Waals surface area contributed by atoms with Gasteiger partial charge in [0.2, 0.25) is 0 Å². The molecule has 1 rings (SSSR count). The van der Waals surface area contributed by atoms with E-state index in [1.807, 2.05) is 13.0 Å². The van der Waals surface area contributed by atoms with E-state index in [-0.39, 0.29) is 0 Å². The van der Waals surface area contributed by atoms with E-state index in [1.165, 1.54) is 5.56 Å². The Morgan fingerprint density at radius 1 is 1.38 bits per heavy atom. The number of hydrogen-bond donors (Lipinski definition) is 0. The molecule has 0 heterocycles. The van der Waals surface area contributed by atoms with Crippen LogP contribution in [0, 0.1) is 12.3 Å². The van der Waals surface area contributed by atoms with Crippen molar-refractivity contribution in [2.24, 2.45) is 0 Å². The average Bonchev–Trinajstić information content (AvgIpc) is 2.30. The average molecular weight is 213 g/mol. The minimum Gasteiger partial charge on any atom is -0.282 e. The fourth-order valence-corrected chi connectivity index (χ4v) is 1.68. The van der Waals surface area contributed by atoms with Gasteiger partial charge in [-0.3, -0.25) is 4.90 Å². The van der Waals surface area contributed by atoms with Crippen LogP contribution < -0.4 is 0 Å². The summed E-state index contributed by atoms with van der Waals surface area (Å²) in [6.07, 6.45) is 9.64. The van der Waals surface area contributed by atoms with E-state index in [1.54, 1.807) is 0 Å². The maximum Gasteiger partial charge on any atom is 0.0607 e. The molecule has 0 saturated carbocycles. The molecule has 0 radical (unpaired) electrons. The van der Waals surface area contributed by atoms with Crippen molar-refractivity contribution in [3.63, 3.8) is 0 Å². The van der Waals surface area contributed by atoms with Crippen LogP contribution >= 0.6 is 0 Å². The molecule has 0 saturated heterocycles. The highest BCUT2D eigenvalue weighted by molar-refractivity contribution is 5.15. The molecule has 0 aliphatic rings. The second kappa shape index (κ2) is 6.87. The second-order valence-electron chi connectivity index (χ2n) is 3.86. The van der Waals surface area contributed by atoms with E-state index in [9.17, 15) is 0 Å². The normalized spacial score (nSPS) is 12.9. The van der Waals surface area contributed by atoms with Crippen molar-refractivity contribution < 1.29 is 0 Å². The number of terminal acetylenes is 1. The fraction of sp³-hybridized carbons (Fsp3) is 0.333. The summed E-state index contributed by atoms with van der Waals surface area (Å²) in [5.41, 5.74) is 1.30. The molecule has 84 valence electrons. The van der Waals surface area contributed by atoms with E-state index in [0.717, 1.165) is 6.54 Å². The molecule has 0 aliphatic carbocycles. The van der Waals surface area contributed by atoms with E-state index in [2.05, 4.69) is 54.2 Å². The monoisotopic (exact) mass is 213 g/mol. The highest BCUT2D eigenvalue weighted by Crippen LogP contribution is 2.08. The van der Waals surface area contributed by atoms with Crippen LogP contribution in [-0.4, -0.2) is 17.5 Å². The van der Waals surface area contributed by atoms with Gasteiger partial charge in [-0.15, -0.1) is 6.42 Å². The Bertz CT molecular complexity index is 359. The first-order valence-corrected chi connectivity index (χ1v) is 5.62. The van der Waals surface area contributed by atoms with Crippen molar-refractivity contribution in [1.82, 2.24) is 4.90 Å². The quantitative estimate of drug-likeness (QED) is 0.536. The summed E-state index contributed by atoms with van der Waals surface area (Å²) in [5.74, 6) is 2.72. The van der Waals surface area contributed by atoms with E-state index < -0.39 is 0 Å². The Morgan fingerprint density at radius 3 is 2.62 bits per heavy atom. The Labute approximate surface area is 98.8 Å². The Balaban J connectivity index is 2.69. The van der Waals surface area contributed by atoms with Crippen LogP contribution in [0.1, 0.15) is 19.4 Å². The van der Waals surface area contributed by atoms with Gasteiger partial charge in [-0.2, -0.15) is 0 Å². The van der Waals surface area contributed by atoms with Crippen LogP contribution in [0.4, 0.5) is 0 Å². The predicted octanol–water partition coefficient (Wildman–Crippen LogP) is 3.09. The van der Waals surface area contributed by atoms with Gasteiger partial charge >= 0.3 is 0 Å². The zero-order valence-electron chi connectivity index (χ0n) is 10.1. The molecule has 0 aromatic heterocycles. The van der Waals surface area contributed by atoms with E-state index in [0.29, 0.717) is 12.6 Å². The van der Waals surface area contributed by atoms with Gasteiger partial charge < -0.3 is 0 Å². The van der Waals surface area contributed by atoms with Crippen molar-refractivity contribution in [2.75, 3.05) is 6.54 Å². The molecule has 0 spiro atoms. The molecule has 16 heavy (non-hydrogen) atoms. The number of nitrogens with zero attached hydrogens (tertiary/aromatic N) is 1. The lowest BCUT2D eigenvalue weighted by atomic mass is 10.1. The summed E-state index contributed by atoms with van der Waals surface area (Å²) < 4.78 is 0. The SMILES string of the molecule is C#CCN(Cc1ccccc1)C(C)C=CC. The molecule has 0 aliphatic heterocycles. The molecule has 1 heteroatoms. The molecule has 1 unspecified atom stereocenters. The minimum atomic E-state index is 0.376. The molecule has 1 aromatic rings. The van der Waals surface area contributed by atoms with Gasteiger partial charge in [0.25, 0.3) is 0 Å². The van der Waals surface area contributed by atoms with Gasteiger partial charge in [0.15, 0.2) is 0 Å². The number of benzene rings is 1. The minimum absolute atomic E-state index is 0.376. The molecule has 1 nitrogen and oxygen atoms in total. The first-order valence-electron chi connectivity index (χ1n) is 5.62. The van der Waals surface area contributed by atoms with Crippen molar-refractivity contribution in [3.8, 4) is 12.3 Å². The Kier molecular flexibility index (Phi) is 5.39. The van der Waals surface area contributed by atoms with Crippen LogP contribution in [0.3, 0.4) is 0 Å². The van der Waals surface area contributed by atoms with Gasteiger partial charge in [0.1, 0.15) is 0 Å². The van der Waals surface area contributed by atoms with Crippen LogP contribution in [0.15, 0.2) is 42.5 Å². The lowest BCUT2D eigenvalue weighted by Gasteiger charge is -2.24. The van der Waals surface area contributed by atoms with Gasteiger partial charge in [-0.25, -0.2) is 0 Å². The highest BCUT2D eigenvalue weighted by Gasteiger charge is 2.09. The van der Waals surface area contributed by atoms with Crippen molar-refractivity contribution in [2.45, 2.75) is 26.4 Å². The number of rotatable bonds is 5. The standard InChI is InChI=1S/C15H19N/c1-4-9-14(3)16(12-5-2)13-15-10-7-6-8-11-15/h2,4,6-11,14H,12-13H2,1,3H3. The molecule has 1 atom stereocenters. The fourth-order valence-electron chi connectivity index (χ4n) is 1.68. The summed E-state index contributed by atoms with van der Waals surface area (Å²) in [6, 6.07) is 10.8. The van der Waals surface area contributed by atoms with Crippen molar-refractivity contribution >= 4 is 0 Å². The number of hydrogen-bond acceptors (Lipinski definition) is 1. The largest absolute Gasteiger partial charge is 0.282 e. The molecular weight excluding hydrogens is 194 g/mol. The molecular formula is C15H19N. The van der Waals surface area contributed by atoms with Crippen molar-refractivity contribution in [1.29, 1.82) is 0 Å². The lowest BCUT2D eigenvalue weighted by molar-refractivity contribution is 0.263. The molecule has 1 aromatic carbocycles. The maximum atomic E-state index is 5.40. The predicted molar refractivity (Wildman–Crippen MR) is 70.0 cm³/mol. The third kappa shape index (κ3) is 3.92. The Hall–Kier alpha value is -1.52. The zero-order valence-corrected chi connectivity index (χ0v) is 10.1. The van der Waals surface area contributed by atoms with Crippen LogP contribution in [0.25, 0.3) is 0 Å². The summed E-state index contributed by atoms with van der Waals surface area (Å²) in [7, 11) is 0. The third-order valence-electron chi connectivity index (χ3n) is 2.57. The second-order valence-corrected chi connectivity index (χ2v) is 3.86. The molecule has 0 fully saturated rings. The van der Waals surface area contributed by atoms with Crippen LogP contribution in [0.5, 0.6) is 0 Å². The first-order chi connectivity index (χ1) is 7.77. The molecule has 0 amide bonds. The summed E-state index contributed by atoms with van der Waals surface area (Å²) in [5, 5.41) is 0. The van der Waals surface area contributed by atoms with Gasteiger partial charge in [-0.05, 0) is 19.4 Å². The highest BCUT2D eigenvalue weighted by atomic mass is 15.1. The zero-order chi connectivity index (χ0) is 11.8. The van der Waals surface area contributed by atoms with Gasteiger partial charge in [0.05, 0.1) is 6.54 Å². The topological polar surface area (TPSA) is 3.24 Å². The smallest absolute Gasteiger partial charge is 0.0607 e. The summed E-state index contributed by atoms with van der Waals surface area (Å²) in [4.78, 5) is 2.27. The third-order valence-corrected chi connectivity index (χ3v) is 2.57.